The predicted molar refractivity (Wildman–Crippen MR) is 66.6 cm³/mol. The predicted octanol–water partition coefficient (Wildman–Crippen LogP) is 3.89. The van der Waals surface area contributed by atoms with E-state index in [9.17, 15) is 9.18 Å². The average Bonchev–Trinajstić information content (AvgIpc) is 2.32. The quantitative estimate of drug-likeness (QED) is 0.852. The summed E-state index contributed by atoms with van der Waals surface area (Å²) in [6.45, 7) is 0. The lowest BCUT2D eigenvalue weighted by atomic mass is 10.1. The van der Waals surface area contributed by atoms with Gasteiger partial charge in [0.15, 0.2) is 0 Å². The molecule has 1 heterocycles. The maximum Gasteiger partial charge on any atom is 0.340 e. The van der Waals surface area contributed by atoms with Crippen LogP contribution in [0.5, 0.6) is 0 Å². The Kier molecular flexibility index (Phi) is 3.50. The molecule has 0 amide bonds. The van der Waals surface area contributed by atoms with E-state index in [1.54, 1.807) is 18.2 Å². The number of rotatable bonds is 2. The fraction of sp³-hybridized carbons (Fsp3) is 0. The molecule has 0 aliphatic rings. The number of pyridine rings is 1. The molecule has 0 radical (unpaired) electrons. The van der Waals surface area contributed by atoms with E-state index in [0.717, 1.165) is 6.07 Å². The molecular weight excluding hydrogens is 280 g/mol. The molecule has 1 aromatic heterocycles. The molecule has 0 atom stereocenters. The van der Waals surface area contributed by atoms with Crippen LogP contribution in [-0.4, -0.2) is 16.1 Å². The van der Waals surface area contributed by atoms with E-state index in [1.807, 2.05) is 0 Å². The second kappa shape index (κ2) is 4.92. The minimum absolute atomic E-state index is 0.227. The molecule has 1 aromatic carbocycles. The summed E-state index contributed by atoms with van der Waals surface area (Å²) in [6, 6.07) is 7.38. The van der Waals surface area contributed by atoms with Crippen LogP contribution < -0.4 is 0 Å². The number of aromatic nitrogens is 1. The van der Waals surface area contributed by atoms with Crippen molar-refractivity contribution in [2.75, 3.05) is 0 Å². The first-order valence-electron chi connectivity index (χ1n) is 4.85. The maximum absolute atomic E-state index is 13.5. The van der Waals surface area contributed by atoms with Crippen LogP contribution in [0.2, 0.25) is 10.0 Å². The van der Waals surface area contributed by atoms with E-state index in [2.05, 4.69) is 4.98 Å². The van der Waals surface area contributed by atoms with Gasteiger partial charge in [-0.05, 0) is 18.2 Å². The molecule has 92 valence electrons. The zero-order valence-electron chi connectivity index (χ0n) is 8.82. The van der Waals surface area contributed by atoms with Gasteiger partial charge in [-0.25, -0.2) is 9.78 Å². The number of nitrogens with zero attached hydrogens (tertiary/aromatic N) is 1. The summed E-state index contributed by atoms with van der Waals surface area (Å²) in [5, 5.41) is 9.26. The van der Waals surface area contributed by atoms with Crippen LogP contribution in [0.4, 0.5) is 4.39 Å². The topological polar surface area (TPSA) is 50.2 Å². The van der Waals surface area contributed by atoms with Gasteiger partial charge < -0.3 is 5.11 Å². The largest absolute Gasteiger partial charge is 0.478 e. The van der Waals surface area contributed by atoms with Crippen molar-refractivity contribution in [2.45, 2.75) is 0 Å². The van der Waals surface area contributed by atoms with Gasteiger partial charge in [0, 0.05) is 5.56 Å². The Labute approximate surface area is 112 Å². The van der Waals surface area contributed by atoms with Crippen molar-refractivity contribution >= 4 is 29.2 Å². The molecule has 0 aliphatic carbocycles. The fourth-order valence-corrected chi connectivity index (χ4v) is 1.84. The number of carboxylic acids is 1. The molecule has 0 aliphatic heterocycles. The van der Waals surface area contributed by atoms with Crippen molar-refractivity contribution < 1.29 is 14.3 Å². The van der Waals surface area contributed by atoms with Gasteiger partial charge in [-0.3, -0.25) is 0 Å². The van der Waals surface area contributed by atoms with Crippen LogP contribution in [0, 0.1) is 5.95 Å². The Hall–Kier alpha value is -1.65. The number of benzene rings is 1. The number of hydrogen-bond donors (Lipinski definition) is 1. The summed E-state index contributed by atoms with van der Waals surface area (Å²) < 4.78 is 13.5. The molecule has 6 heteroatoms. The highest BCUT2D eigenvalue weighted by atomic mass is 35.5. The monoisotopic (exact) mass is 285 g/mol. The summed E-state index contributed by atoms with van der Waals surface area (Å²) >= 11 is 11.8. The number of carbonyl (C=O) groups is 1. The Morgan fingerprint density at radius 1 is 1.22 bits per heavy atom. The molecule has 0 unspecified atom stereocenters. The average molecular weight is 286 g/mol. The Morgan fingerprint density at radius 3 is 2.56 bits per heavy atom. The molecule has 2 rings (SSSR count). The molecule has 2 aromatic rings. The number of hydrogen-bond acceptors (Lipinski definition) is 2. The zero-order chi connectivity index (χ0) is 13.3. The summed E-state index contributed by atoms with van der Waals surface area (Å²) in [6.07, 6.45) is 0. The molecule has 0 saturated heterocycles. The third-order valence-corrected chi connectivity index (χ3v) is 3.13. The van der Waals surface area contributed by atoms with E-state index < -0.39 is 17.5 Å². The van der Waals surface area contributed by atoms with Crippen molar-refractivity contribution in [3.8, 4) is 11.3 Å². The number of halogens is 3. The van der Waals surface area contributed by atoms with Crippen molar-refractivity contribution in [1.82, 2.24) is 4.98 Å². The Balaban J connectivity index is 2.56. The lowest BCUT2D eigenvalue weighted by molar-refractivity contribution is 0.0691. The van der Waals surface area contributed by atoms with Crippen LogP contribution in [-0.2, 0) is 0 Å². The van der Waals surface area contributed by atoms with Crippen molar-refractivity contribution in [1.29, 1.82) is 0 Å². The first kappa shape index (κ1) is 12.8. The van der Waals surface area contributed by atoms with Gasteiger partial charge in [-0.1, -0.05) is 35.3 Å². The molecular formula is C12H6Cl2FNO2. The van der Waals surface area contributed by atoms with E-state index in [-0.39, 0.29) is 10.7 Å². The van der Waals surface area contributed by atoms with Crippen LogP contribution in [0.25, 0.3) is 11.3 Å². The molecule has 0 bridgehead atoms. The third kappa shape index (κ3) is 2.30. The number of carboxylic acid groups (broad SMARTS) is 1. The van der Waals surface area contributed by atoms with Gasteiger partial charge in [0.2, 0.25) is 5.95 Å². The molecule has 0 saturated carbocycles. The molecule has 1 N–H and O–H groups in total. The van der Waals surface area contributed by atoms with Crippen molar-refractivity contribution in [2.24, 2.45) is 0 Å². The highest BCUT2D eigenvalue weighted by Crippen LogP contribution is 2.32. The molecule has 18 heavy (non-hydrogen) atoms. The summed E-state index contributed by atoms with van der Waals surface area (Å²) in [4.78, 5) is 14.2. The summed E-state index contributed by atoms with van der Waals surface area (Å²) in [5.74, 6) is -2.43. The van der Waals surface area contributed by atoms with Gasteiger partial charge >= 0.3 is 5.97 Å². The molecule has 0 spiro atoms. The third-order valence-electron chi connectivity index (χ3n) is 2.31. The van der Waals surface area contributed by atoms with E-state index in [1.165, 1.54) is 6.07 Å². The maximum atomic E-state index is 13.5. The van der Waals surface area contributed by atoms with Crippen molar-refractivity contribution in [3.05, 3.63) is 51.9 Å². The summed E-state index contributed by atoms with van der Waals surface area (Å²) in [7, 11) is 0. The minimum Gasteiger partial charge on any atom is -0.478 e. The van der Waals surface area contributed by atoms with Gasteiger partial charge in [-0.15, -0.1) is 0 Å². The first-order valence-corrected chi connectivity index (χ1v) is 5.60. The lowest BCUT2D eigenvalue weighted by Crippen LogP contribution is -2.03. The van der Waals surface area contributed by atoms with Crippen LogP contribution >= 0.6 is 23.2 Å². The van der Waals surface area contributed by atoms with Gasteiger partial charge in [0.1, 0.15) is 5.56 Å². The number of aromatic carboxylic acids is 1. The molecule has 0 fully saturated rings. The Morgan fingerprint density at radius 2 is 1.94 bits per heavy atom. The van der Waals surface area contributed by atoms with Crippen LogP contribution in [0.3, 0.4) is 0 Å². The van der Waals surface area contributed by atoms with E-state index in [0.29, 0.717) is 10.6 Å². The van der Waals surface area contributed by atoms with Gasteiger partial charge in [-0.2, -0.15) is 4.39 Å². The standard InChI is InChI=1S/C12H6Cl2FNO2/c13-8-3-1-2-6(10(8)14)9-5-4-7(12(17)18)11(15)16-9/h1-5H,(H,17,18). The van der Waals surface area contributed by atoms with E-state index >= 15 is 0 Å². The van der Waals surface area contributed by atoms with Crippen molar-refractivity contribution in [3.63, 3.8) is 0 Å². The summed E-state index contributed by atoms with van der Waals surface area (Å²) in [5.41, 5.74) is 0.182. The molecule has 3 nitrogen and oxygen atoms in total. The van der Waals surface area contributed by atoms with E-state index in [4.69, 9.17) is 28.3 Å². The smallest absolute Gasteiger partial charge is 0.340 e. The van der Waals surface area contributed by atoms with Crippen LogP contribution in [0.15, 0.2) is 30.3 Å². The second-order valence-electron chi connectivity index (χ2n) is 3.44. The normalized spacial score (nSPS) is 10.4. The SMILES string of the molecule is O=C(O)c1ccc(-c2cccc(Cl)c2Cl)nc1F. The van der Waals surface area contributed by atoms with Crippen LogP contribution in [0.1, 0.15) is 10.4 Å². The fourth-order valence-electron chi connectivity index (χ4n) is 1.45. The minimum atomic E-state index is -1.37. The lowest BCUT2D eigenvalue weighted by Gasteiger charge is -2.06. The van der Waals surface area contributed by atoms with Gasteiger partial charge in [0.25, 0.3) is 0 Å². The zero-order valence-corrected chi connectivity index (χ0v) is 10.3. The van der Waals surface area contributed by atoms with Gasteiger partial charge in [0.05, 0.1) is 15.7 Å². The Bertz CT molecular complexity index is 631. The highest BCUT2D eigenvalue weighted by molar-refractivity contribution is 6.43. The first-order chi connectivity index (χ1) is 8.50. The second-order valence-corrected chi connectivity index (χ2v) is 4.23. The highest BCUT2D eigenvalue weighted by Gasteiger charge is 2.14.